The van der Waals surface area contributed by atoms with Crippen LogP contribution in [0, 0.1) is 0 Å². The van der Waals surface area contributed by atoms with E-state index in [-0.39, 0.29) is 12.5 Å². The fourth-order valence-corrected chi connectivity index (χ4v) is 4.38. The van der Waals surface area contributed by atoms with E-state index in [0.717, 1.165) is 44.9 Å². The highest BCUT2D eigenvalue weighted by atomic mass is 16.3. The lowest BCUT2D eigenvalue weighted by atomic mass is 10.1. The van der Waals surface area contributed by atoms with Gasteiger partial charge in [0, 0.05) is 6.42 Å². The van der Waals surface area contributed by atoms with Crippen LogP contribution in [0.4, 0.5) is 0 Å². The molecule has 3 N–H and O–H groups in total. The topological polar surface area (TPSA) is 69.6 Å². The van der Waals surface area contributed by atoms with Gasteiger partial charge in [-0.25, -0.2) is 0 Å². The molecule has 1 amide bonds. The number of aliphatic hydroxyl groups excluding tert-OH is 2. The van der Waals surface area contributed by atoms with Gasteiger partial charge in [0.05, 0.1) is 18.8 Å². The molecule has 0 aromatic carbocycles. The summed E-state index contributed by atoms with van der Waals surface area (Å²) in [6.45, 7) is 4.11. The highest BCUT2D eigenvalue weighted by Gasteiger charge is 2.17. The largest absolute Gasteiger partial charge is 0.394 e. The smallest absolute Gasteiger partial charge is 0.220 e. The number of unbranched alkanes of at least 4 members (excludes halogenated alkanes) is 11. The van der Waals surface area contributed by atoms with E-state index in [1.54, 1.807) is 6.08 Å². The summed E-state index contributed by atoms with van der Waals surface area (Å²) in [5, 5.41) is 22.7. The molecule has 41 heavy (non-hydrogen) atoms. The lowest BCUT2D eigenvalue weighted by Gasteiger charge is -2.19. The number of hydrogen-bond acceptors (Lipinski definition) is 3. The molecule has 2 atom stereocenters. The molecule has 4 heteroatoms. The predicted octanol–water partition coefficient (Wildman–Crippen LogP) is 9.61. The van der Waals surface area contributed by atoms with E-state index in [1.807, 2.05) is 12.2 Å². The predicted molar refractivity (Wildman–Crippen MR) is 179 cm³/mol. The minimum absolute atomic E-state index is 0.158. The van der Waals surface area contributed by atoms with Gasteiger partial charge in [-0.2, -0.15) is 0 Å². The third-order valence-corrected chi connectivity index (χ3v) is 6.94. The van der Waals surface area contributed by atoms with Crippen LogP contribution in [-0.2, 0) is 4.79 Å². The Labute approximate surface area is 253 Å². The molecule has 0 saturated carbocycles. The fraction of sp³-hybridized carbons (Fsp3) is 0.649. The quantitative estimate of drug-likeness (QED) is 0.0649. The summed E-state index contributed by atoms with van der Waals surface area (Å²) >= 11 is 0. The molecule has 4 nitrogen and oxygen atoms in total. The Morgan fingerprint density at radius 1 is 0.610 bits per heavy atom. The van der Waals surface area contributed by atoms with Crippen LogP contribution < -0.4 is 5.32 Å². The molecule has 0 saturated heterocycles. The minimum Gasteiger partial charge on any atom is -0.394 e. The molecule has 0 aliphatic carbocycles. The Morgan fingerprint density at radius 3 is 1.68 bits per heavy atom. The SMILES string of the molecule is CC/C=C\C/C=C\C/C=C\C/C=C\CCC(=O)NC(CO)C(O)/C=C/CC/C=C/CCCCCCCCCCCC. The number of rotatable bonds is 28. The number of amides is 1. The summed E-state index contributed by atoms with van der Waals surface area (Å²) in [6.07, 6.45) is 45.6. The van der Waals surface area contributed by atoms with Crippen molar-refractivity contribution in [2.24, 2.45) is 0 Å². The molecular formula is C37H63NO3. The first-order valence-electron chi connectivity index (χ1n) is 16.7. The van der Waals surface area contributed by atoms with Gasteiger partial charge in [-0.15, -0.1) is 0 Å². The Kier molecular flexibility index (Phi) is 30.6. The van der Waals surface area contributed by atoms with Gasteiger partial charge in [0.1, 0.15) is 0 Å². The van der Waals surface area contributed by atoms with Crippen LogP contribution in [0.3, 0.4) is 0 Å². The van der Waals surface area contributed by atoms with Crippen molar-refractivity contribution in [3.05, 3.63) is 72.9 Å². The monoisotopic (exact) mass is 569 g/mol. The number of aliphatic hydroxyl groups is 2. The van der Waals surface area contributed by atoms with E-state index < -0.39 is 12.1 Å². The first-order chi connectivity index (χ1) is 20.2. The van der Waals surface area contributed by atoms with Gasteiger partial charge in [0.2, 0.25) is 5.91 Å². The van der Waals surface area contributed by atoms with Crippen molar-refractivity contribution in [3.63, 3.8) is 0 Å². The summed E-state index contributed by atoms with van der Waals surface area (Å²) in [6, 6.07) is -0.678. The maximum absolute atomic E-state index is 12.2. The molecule has 234 valence electrons. The van der Waals surface area contributed by atoms with E-state index in [1.165, 1.54) is 64.2 Å². The van der Waals surface area contributed by atoms with E-state index in [9.17, 15) is 15.0 Å². The molecule has 0 aliphatic heterocycles. The average molecular weight is 570 g/mol. The Bertz CT molecular complexity index is 747. The maximum Gasteiger partial charge on any atom is 0.220 e. The van der Waals surface area contributed by atoms with Gasteiger partial charge in [-0.05, 0) is 57.8 Å². The van der Waals surface area contributed by atoms with Gasteiger partial charge in [-0.3, -0.25) is 4.79 Å². The van der Waals surface area contributed by atoms with Gasteiger partial charge < -0.3 is 15.5 Å². The summed E-state index contributed by atoms with van der Waals surface area (Å²) < 4.78 is 0. The summed E-state index contributed by atoms with van der Waals surface area (Å²) in [4.78, 5) is 12.2. The number of carbonyl (C=O) groups excluding carboxylic acids is 1. The van der Waals surface area contributed by atoms with Crippen LogP contribution in [0.2, 0.25) is 0 Å². The van der Waals surface area contributed by atoms with Crippen LogP contribution in [0.1, 0.15) is 136 Å². The van der Waals surface area contributed by atoms with Crippen molar-refractivity contribution in [2.45, 2.75) is 148 Å². The number of allylic oxidation sites excluding steroid dienone is 11. The molecule has 0 bridgehead atoms. The lowest BCUT2D eigenvalue weighted by molar-refractivity contribution is -0.122. The van der Waals surface area contributed by atoms with Crippen LogP contribution in [-0.4, -0.2) is 34.9 Å². The molecule has 0 spiro atoms. The summed E-state index contributed by atoms with van der Waals surface area (Å²) in [7, 11) is 0. The standard InChI is InChI=1S/C37H63NO3/c1-3-5-7-9-11-13-15-17-18-19-21-22-24-26-28-30-32-36(40)35(34-39)38-37(41)33-31-29-27-25-23-20-16-14-12-10-8-6-4-2/h6,8,12,14,20,22-24,27,29-30,32,35-36,39-40H,3-5,7,9-11,13,15-19,21,25-26,28,31,33-34H2,1-2H3,(H,38,41)/b8-6-,14-12-,23-20-,24-22+,29-27-,32-30+. The highest BCUT2D eigenvalue weighted by Crippen LogP contribution is 2.11. The Balaban J connectivity index is 3.85. The van der Waals surface area contributed by atoms with E-state index >= 15 is 0 Å². The second-order valence-electron chi connectivity index (χ2n) is 10.8. The first-order valence-corrected chi connectivity index (χ1v) is 16.7. The van der Waals surface area contributed by atoms with E-state index in [0.29, 0.717) is 12.8 Å². The number of hydrogen-bond donors (Lipinski definition) is 3. The lowest BCUT2D eigenvalue weighted by Crippen LogP contribution is -2.45. The third-order valence-electron chi connectivity index (χ3n) is 6.94. The minimum atomic E-state index is -0.892. The molecule has 0 radical (unpaired) electrons. The molecule has 0 aliphatic rings. The van der Waals surface area contributed by atoms with E-state index in [2.05, 4.69) is 73.8 Å². The molecule has 0 aromatic heterocycles. The zero-order valence-electron chi connectivity index (χ0n) is 26.5. The second-order valence-corrected chi connectivity index (χ2v) is 10.8. The average Bonchev–Trinajstić information content (AvgIpc) is 2.97. The Morgan fingerprint density at radius 2 is 1.10 bits per heavy atom. The fourth-order valence-electron chi connectivity index (χ4n) is 4.38. The number of nitrogens with one attached hydrogen (secondary N) is 1. The second kappa shape index (κ2) is 32.3. The van der Waals surface area contributed by atoms with Crippen molar-refractivity contribution in [1.29, 1.82) is 0 Å². The van der Waals surface area contributed by atoms with Crippen molar-refractivity contribution >= 4 is 5.91 Å². The van der Waals surface area contributed by atoms with Crippen molar-refractivity contribution in [2.75, 3.05) is 6.61 Å². The maximum atomic E-state index is 12.2. The molecule has 0 rings (SSSR count). The van der Waals surface area contributed by atoms with Gasteiger partial charge in [0.15, 0.2) is 0 Å². The third kappa shape index (κ3) is 29.1. The van der Waals surface area contributed by atoms with Crippen molar-refractivity contribution in [1.82, 2.24) is 5.32 Å². The van der Waals surface area contributed by atoms with Gasteiger partial charge in [0.25, 0.3) is 0 Å². The van der Waals surface area contributed by atoms with Gasteiger partial charge >= 0.3 is 0 Å². The summed E-state index contributed by atoms with van der Waals surface area (Å²) in [5.74, 6) is -0.158. The van der Waals surface area contributed by atoms with Crippen molar-refractivity contribution in [3.8, 4) is 0 Å². The van der Waals surface area contributed by atoms with Crippen molar-refractivity contribution < 1.29 is 15.0 Å². The van der Waals surface area contributed by atoms with Crippen LogP contribution in [0.25, 0.3) is 0 Å². The molecule has 2 unspecified atom stereocenters. The Hall–Kier alpha value is -2.17. The zero-order chi connectivity index (χ0) is 30.1. The van der Waals surface area contributed by atoms with Crippen LogP contribution in [0.15, 0.2) is 72.9 Å². The normalized spacial score (nSPS) is 14.1. The van der Waals surface area contributed by atoms with E-state index in [4.69, 9.17) is 0 Å². The number of carbonyl (C=O) groups is 1. The zero-order valence-corrected chi connectivity index (χ0v) is 26.5. The highest BCUT2D eigenvalue weighted by molar-refractivity contribution is 5.76. The first kappa shape index (κ1) is 38.8. The van der Waals surface area contributed by atoms with Crippen LogP contribution >= 0.6 is 0 Å². The van der Waals surface area contributed by atoms with Crippen LogP contribution in [0.5, 0.6) is 0 Å². The molecule has 0 fully saturated rings. The summed E-state index contributed by atoms with van der Waals surface area (Å²) in [5.41, 5.74) is 0. The molecule has 0 aromatic rings. The molecular weight excluding hydrogens is 506 g/mol. The van der Waals surface area contributed by atoms with Gasteiger partial charge in [-0.1, -0.05) is 145 Å². The molecule has 0 heterocycles.